The van der Waals surface area contributed by atoms with Gasteiger partial charge in [-0.3, -0.25) is 4.79 Å². The van der Waals surface area contributed by atoms with Crippen LogP contribution in [0.2, 0.25) is 0 Å². The molecule has 0 aliphatic heterocycles. The van der Waals surface area contributed by atoms with E-state index in [-0.39, 0.29) is 5.91 Å². The summed E-state index contributed by atoms with van der Waals surface area (Å²) >= 11 is 0. The minimum atomic E-state index is -0.0736. The summed E-state index contributed by atoms with van der Waals surface area (Å²) < 4.78 is 0. The lowest BCUT2D eigenvalue weighted by molar-refractivity contribution is -0.117. The van der Waals surface area contributed by atoms with Gasteiger partial charge in [0.15, 0.2) is 0 Å². The Morgan fingerprint density at radius 2 is 2.00 bits per heavy atom. The molecule has 0 radical (unpaired) electrons. The van der Waals surface area contributed by atoms with E-state index in [0.29, 0.717) is 12.1 Å². The minimum absolute atomic E-state index is 0.0736. The van der Waals surface area contributed by atoms with Crippen LogP contribution in [0.15, 0.2) is 12.7 Å². The maximum Gasteiger partial charge on any atom is 0.243 e. The van der Waals surface area contributed by atoms with Crippen molar-refractivity contribution in [2.75, 3.05) is 0 Å². The van der Waals surface area contributed by atoms with Crippen LogP contribution < -0.4 is 11.1 Å². The maximum atomic E-state index is 10.9. The van der Waals surface area contributed by atoms with E-state index in [1.807, 2.05) is 0 Å². The van der Waals surface area contributed by atoms with Crippen molar-refractivity contribution >= 4 is 5.91 Å². The first kappa shape index (κ1) is 9.26. The van der Waals surface area contributed by atoms with Crippen LogP contribution in [0, 0.1) is 0 Å². The highest BCUT2D eigenvalue weighted by atomic mass is 16.1. The largest absolute Gasteiger partial charge is 0.350 e. The van der Waals surface area contributed by atoms with E-state index in [1.54, 1.807) is 0 Å². The molecule has 0 atom stereocenters. The number of rotatable bonds is 2. The second kappa shape index (κ2) is 4.26. The van der Waals surface area contributed by atoms with Crippen molar-refractivity contribution in [1.82, 2.24) is 5.32 Å². The maximum absolute atomic E-state index is 10.9. The molecule has 0 spiro atoms. The van der Waals surface area contributed by atoms with Crippen molar-refractivity contribution < 1.29 is 4.79 Å². The zero-order chi connectivity index (χ0) is 8.97. The molecule has 0 aromatic carbocycles. The van der Waals surface area contributed by atoms with Gasteiger partial charge in [-0.2, -0.15) is 0 Å². The van der Waals surface area contributed by atoms with E-state index in [0.717, 1.165) is 25.7 Å². The zero-order valence-corrected chi connectivity index (χ0v) is 7.25. The first-order valence-corrected chi connectivity index (χ1v) is 4.41. The molecule has 1 aliphatic carbocycles. The summed E-state index contributed by atoms with van der Waals surface area (Å²) in [5, 5.41) is 2.88. The monoisotopic (exact) mass is 168 g/mol. The summed E-state index contributed by atoms with van der Waals surface area (Å²) in [5.41, 5.74) is 5.73. The SMILES string of the molecule is C=CC(=O)N[C@H]1CC[C@H](N)CC1. The minimum Gasteiger partial charge on any atom is -0.350 e. The molecule has 1 aliphatic rings. The fraction of sp³-hybridized carbons (Fsp3) is 0.667. The first-order chi connectivity index (χ1) is 5.72. The van der Waals surface area contributed by atoms with Gasteiger partial charge < -0.3 is 11.1 Å². The van der Waals surface area contributed by atoms with Crippen molar-refractivity contribution in [1.29, 1.82) is 0 Å². The van der Waals surface area contributed by atoms with Crippen molar-refractivity contribution in [3.63, 3.8) is 0 Å². The molecule has 0 bridgehead atoms. The molecule has 68 valence electrons. The van der Waals surface area contributed by atoms with Gasteiger partial charge in [-0.15, -0.1) is 0 Å². The third kappa shape index (κ3) is 2.66. The second-order valence-corrected chi connectivity index (χ2v) is 3.32. The third-order valence-electron chi connectivity index (χ3n) is 2.30. The third-order valence-corrected chi connectivity index (χ3v) is 2.30. The van der Waals surface area contributed by atoms with E-state index < -0.39 is 0 Å². The Labute approximate surface area is 73.0 Å². The molecule has 0 aromatic rings. The van der Waals surface area contributed by atoms with E-state index >= 15 is 0 Å². The summed E-state index contributed by atoms with van der Waals surface area (Å²) in [7, 11) is 0. The lowest BCUT2D eigenvalue weighted by Crippen LogP contribution is -2.39. The number of nitrogens with one attached hydrogen (secondary N) is 1. The van der Waals surface area contributed by atoms with Gasteiger partial charge in [0, 0.05) is 12.1 Å². The number of nitrogens with two attached hydrogens (primary N) is 1. The van der Waals surface area contributed by atoms with E-state index in [2.05, 4.69) is 11.9 Å². The summed E-state index contributed by atoms with van der Waals surface area (Å²) in [4.78, 5) is 10.9. The number of hydrogen-bond donors (Lipinski definition) is 2. The molecular weight excluding hydrogens is 152 g/mol. The molecule has 1 fully saturated rings. The Morgan fingerprint density at radius 1 is 1.42 bits per heavy atom. The number of hydrogen-bond acceptors (Lipinski definition) is 2. The molecule has 3 nitrogen and oxygen atoms in total. The fourth-order valence-corrected chi connectivity index (χ4v) is 1.52. The van der Waals surface area contributed by atoms with Crippen LogP contribution >= 0.6 is 0 Å². The van der Waals surface area contributed by atoms with Gasteiger partial charge in [-0.05, 0) is 31.8 Å². The molecule has 3 heteroatoms. The Balaban J connectivity index is 2.26. The Hall–Kier alpha value is -0.830. The van der Waals surface area contributed by atoms with Crippen LogP contribution in [0.4, 0.5) is 0 Å². The number of carbonyl (C=O) groups is 1. The lowest BCUT2D eigenvalue weighted by atomic mass is 9.92. The average molecular weight is 168 g/mol. The molecule has 1 amide bonds. The van der Waals surface area contributed by atoms with Gasteiger partial charge >= 0.3 is 0 Å². The fourth-order valence-electron chi connectivity index (χ4n) is 1.52. The standard InChI is InChI=1S/C9H16N2O/c1-2-9(12)11-8-5-3-7(10)4-6-8/h2,7-8H,1,3-6,10H2,(H,11,12)/t7-,8-. The van der Waals surface area contributed by atoms with Gasteiger partial charge in [-0.25, -0.2) is 0 Å². The highest BCUT2D eigenvalue weighted by Gasteiger charge is 2.18. The topological polar surface area (TPSA) is 55.1 Å². The predicted molar refractivity (Wildman–Crippen MR) is 48.6 cm³/mol. The molecule has 0 aromatic heterocycles. The van der Waals surface area contributed by atoms with Crippen molar-refractivity contribution in [2.24, 2.45) is 5.73 Å². The van der Waals surface area contributed by atoms with Crippen LogP contribution in [0.5, 0.6) is 0 Å². The van der Waals surface area contributed by atoms with Crippen LogP contribution in [0.25, 0.3) is 0 Å². The quantitative estimate of drug-likeness (QED) is 0.592. The molecule has 0 saturated heterocycles. The van der Waals surface area contributed by atoms with Crippen molar-refractivity contribution in [3.05, 3.63) is 12.7 Å². The normalized spacial score (nSPS) is 29.4. The summed E-state index contributed by atoms with van der Waals surface area (Å²) in [6.45, 7) is 3.40. The molecule has 3 N–H and O–H groups in total. The van der Waals surface area contributed by atoms with E-state index in [4.69, 9.17) is 5.73 Å². The smallest absolute Gasteiger partial charge is 0.243 e. The van der Waals surface area contributed by atoms with Gasteiger partial charge in [0.25, 0.3) is 0 Å². The number of amides is 1. The van der Waals surface area contributed by atoms with Gasteiger partial charge in [-0.1, -0.05) is 6.58 Å². The van der Waals surface area contributed by atoms with E-state index in [1.165, 1.54) is 6.08 Å². The highest BCUT2D eigenvalue weighted by molar-refractivity contribution is 5.87. The number of carbonyl (C=O) groups excluding carboxylic acids is 1. The molecule has 1 rings (SSSR count). The van der Waals surface area contributed by atoms with Gasteiger partial charge in [0.1, 0.15) is 0 Å². The van der Waals surface area contributed by atoms with Crippen LogP contribution in [-0.4, -0.2) is 18.0 Å². The molecule has 12 heavy (non-hydrogen) atoms. The first-order valence-electron chi connectivity index (χ1n) is 4.41. The molecular formula is C9H16N2O. The average Bonchev–Trinajstić information content (AvgIpc) is 2.09. The molecule has 0 unspecified atom stereocenters. The molecule has 0 heterocycles. The highest BCUT2D eigenvalue weighted by Crippen LogP contribution is 2.16. The van der Waals surface area contributed by atoms with Crippen LogP contribution in [0.3, 0.4) is 0 Å². The van der Waals surface area contributed by atoms with Crippen molar-refractivity contribution in [2.45, 2.75) is 37.8 Å². The van der Waals surface area contributed by atoms with Crippen LogP contribution in [0.1, 0.15) is 25.7 Å². The van der Waals surface area contributed by atoms with Gasteiger partial charge in [0.05, 0.1) is 0 Å². The van der Waals surface area contributed by atoms with Crippen molar-refractivity contribution in [3.8, 4) is 0 Å². The van der Waals surface area contributed by atoms with Crippen LogP contribution in [-0.2, 0) is 4.79 Å². The Morgan fingerprint density at radius 3 is 2.50 bits per heavy atom. The second-order valence-electron chi connectivity index (χ2n) is 3.32. The molecule has 1 saturated carbocycles. The lowest BCUT2D eigenvalue weighted by Gasteiger charge is -2.26. The van der Waals surface area contributed by atoms with Gasteiger partial charge in [0.2, 0.25) is 5.91 Å². The zero-order valence-electron chi connectivity index (χ0n) is 7.25. The predicted octanol–water partition coefficient (Wildman–Crippen LogP) is 0.558. The van der Waals surface area contributed by atoms with E-state index in [9.17, 15) is 4.79 Å². The summed E-state index contributed by atoms with van der Waals surface area (Å²) in [5.74, 6) is -0.0736. The Kier molecular flexibility index (Phi) is 3.29. The Bertz CT molecular complexity index is 171. The summed E-state index contributed by atoms with van der Waals surface area (Å²) in [6, 6.07) is 0.650. The summed E-state index contributed by atoms with van der Waals surface area (Å²) in [6.07, 6.45) is 5.35.